The lowest BCUT2D eigenvalue weighted by Gasteiger charge is -2.13. The number of amidine groups is 1. The van der Waals surface area contributed by atoms with E-state index in [1.165, 1.54) is 6.07 Å². The third-order valence-electron chi connectivity index (χ3n) is 3.26. The van der Waals surface area contributed by atoms with E-state index >= 15 is 0 Å². The van der Waals surface area contributed by atoms with Crippen LogP contribution in [0.5, 0.6) is 23.0 Å². The first-order valence-corrected chi connectivity index (χ1v) is 7.58. The van der Waals surface area contributed by atoms with Crippen molar-refractivity contribution in [3.8, 4) is 23.0 Å². The number of alkyl halides is 4. The zero-order valence-electron chi connectivity index (χ0n) is 12.6. The molecule has 0 fully saturated rings. The lowest BCUT2D eigenvalue weighted by Crippen LogP contribution is -2.12. The van der Waals surface area contributed by atoms with E-state index in [0.29, 0.717) is 17.2 Å². The number of hydrogen-bond acceptors (Lipinski definition) is 4. The Balaban J connectivity index is 1.97. The number of nitrogens with two attached hydrogens (primary N) is 1. The average molecular weight is 373 g/mol. The smallest absolute Gasteiger partial charge is 0.416 e. The molecule has 0 spiro atoms. The summed E-state index contributed by atoms with van der Waals surface area (Å²) in [6.45, 7) is 0.0981. The van der Waals surface area contributed by atoms with Crippen molar-refractivity contribution < 1.29 is 27.4 Å². The Bertz CT molecular complexity index is 825. The third-order valence-corrected chi connectivity index (χ3v) is 3.53. The SMILES string of the molecule is NC(CCl)=Nc1cc(C(F)(F)F)ccc1Oc1ccc2c(c1)OCO2. The molecule has 9 heteroatoms. The second-order valence-corrected chi connectivity index (χ2v) is 5.30. The summed E-state index contributed by atoms with van der Waals surface area (Å²) in [6, 6.07) is 7.73. The maximum Gasteiger partial charge on any atom is 0.416 e. The minimum Gasteiger partial charge on any atom is -0.455 e. The van der Waals surface area contributed by atoms with Crippen LogP contribution in [-0.4, -0.2) is 18.5 Å². The molecule has 0 unspecified atom stereocenters. The Hall–Kier alpha value is -2.61. The number of fused-ring (bicyclic) bond motifs is 1. The van der Waals surface area contributed by atoms with Crippen molar-refractivity contribution in [1.29, 1.82) is 0 Å². The number of halogens is 4. The molecule has 0 amide bonds. The molecular weight excluding hydrogens is 361 g/mol. The minimum atomic E-state index is -4.52. The van der Waals surface area contributed by atoms with E-state index in [-0.39, 0.29) is 29.9 Å². The summed E-state index contributed by atoms with van der Waals surface area (Å²) in [5, 5.41) is 0. The molecule has 0 saturated heterocycles. The highest BCUT2D eigenvalue weighted by Crippen LogP contribution is 2.41. The first kappa shape index (κ1) is 17.2. The fourth-order valence-corrected chi connectivity index (χ4v) is 2.18. The Morgan fingerprint density at radius 1 is 1.16 bits per heavy atom. The van der Waals surface area contributed by atoms with E-state index in [9.17, 15) is 13.2 Å². The fourth-order valence-electron chi connectivity index (χ4n) is 2.12. The van der Waals surface area contributed by atoms with Crippen molar-refractivity contribution in [3.05, 3.63) is 42.0 Å². The van der Waals surface area contributed by atoms with Gasteiger partial charge in [0.05, 0.1) is 11.4 Å². The van der Waals surface area contributed by atoms with Gasteiger partial charge in [0.1, 0.15) is 17.3 Å². The van der Waals surface area contributed by atoms with Crippen LogP contribution in [0.1, 0.15) is 5.56 Å². The molecule has 1 heterocycles. The molecule has 3 rings (SSSR count). The predicted octanol–water partition coefficient (Wildman–Crippen LogP) is 4.45. The molecule has 1 aliphatic heterocycles. The van der Waals surface area contributed by atoms with Crippen molar-refractivity contribution >= 4 is 23.1 Å². The molecule has 2 N–H and O–H groups in total. The molecular formula is C16H12ClF3N2O3. The predicted molar refractivity (Wildman–Crippen MR) is 86.1 cm³/mol. The summed E-state index contributed by atoms with van der Waals surface area (Å²) in [5.41, 5.74) is 4.60. The quantitative estimate of drug-likeness (QED) is 0.489. The van der Waals surface area contributed by atoms with E-state index in [0.717, 1.165) is 12.1 Å². The first-order valence-electron chi connectivity index (χ1n) is 7.04. The van der Waals surface area contributed by atoms with Gasteiger partial charge in [-0.05, 0) is 30.3 Å². The Kier molecular flexibility index (Phi) is 4.63. The molecule has 1 aliphatic rings. The summed E-state index contributed by atoms with van der Waals surface area (Å²) in [6.07, 6.45) is -4.52. The van der Waals surface area contributed by atoms with Crippen LogP contribution in [0, 0.1) is 0 Å². The van der Waals surface area contributed by atoms with E-state index in [1.54, 1.807) is 18.2 Å². The van der Waals surface area contributed by atoms with Crippen molar-refractivity contribution in [2.75, 3.05) is 12.7 Å². The van der Waals surface area contributed by atoms with Crippen LogP contribution in [0.2, 0.25) is 0 Å². The van der Waals surface area contributed by atoms with Gasteiger partial charge in [0.25, 0.3) is 0 Å². The van der Waals surface area contributed by atoms with E-state index in [4.69, 9.17) is 31.5 Å². The zero-order chi connectivity index (χ0) is 18.0. The molecule has 5 nitrogen and oxygen atoms in total. The summed E-state index contributed by atoms with van der Waals surface area (Å²) >= 11 is 5.56. The topological polar surface area (TPSA) is 66.1 Å². The lowest BCUT2D eigenvalue weighted by atomic mass is 10.2. The van der Waals surface area contributed by atoms with Gasteiger partial charge < -0.3 is 19.9 Å². The Labute approximate surface area is 145 Å². The van der Waals surface area contributed by atoms with Gasteiger partial charge in [-0.3, -0.25) is 0 Å². The summed E-state index contributed by atoms with van der Waals surface area (Å²) in [5.74, 6) is 1.33. The molecule has 0 bridgehead atoms. The molecule has 2 aromatic rings. The monoisotopic (exact) mass is 372 g/mol. The number of rotatable bonds is 4. The van der Waals surface area contributed by atoms with Crippen LogP contribution in [0.15, 0.2) is 41.4 Å². The second kappa shape index (κ2) is 6.72. The molecule has 25 heavy (non-hydrogen) atoms. The zero-order valence-corrected chi connectivity index (χ0v) is 13.4. The highest BCUT2D eigenvalue weighted by Gasteiger charge is 2.31. The van der Waals surface area contributed by atoms with Gasteiger partial charge in [-0.15, -0.1) is 11.6 Å². The standard InChI is InChI=1S/C16H12ClF3N2O3/c17-7-15(21)22-11-5-9(16(18,19)20)1-3-12(11)25-10-2-4-13-14(6-10)24-8-23-13/h1-6H,7-8H2,(H2,21,22). The van der Waals surface area contributed by atoms with Crippen LogP contribution in [0.3, 0.4) is 0 Å². The number of ether oxygens (including phenoxy) is 3. The maximum atomic E-state index is 12.9. The number of aliphatic imine (C=N–C) groups is 1. The van der Waals surface area contributed by atoms with E-state index < -0.39 is 11.7 Å². The molecule has 0 atom stereocenters. The van der Waals surface area contributed by atoms with Gasteiger partial charge in [-0.2, -0.15) is 13.2 Å². The van der Waals surface area contributed by atoms with Crippen LogP contribution in [0.25, 0.3) is 0 Å². The highest BCUT2D eigenvalue weighted by molar-refractivity contribution is 6.28. The van der Waals surface area contributed by atoms with E-state index in [2.05, 4.69) is 4.99 Å². The van der Waals surface area contributed by atoms with Crippen LogP contribution < -0.4 is 19.9 Å². The van der Waals surface area contributed by atoms with E-state index in [1.807, 2.05) is 0 Å². The normalized spacial score (nSPS) is 13.8. The fraction of sp³-hybridized carbons (Fsp3) is 0.188. The second-order valence-electron chi connectivity index (χ2n) is 5.03. The lowest BCUT2D eigenvalue weighted by molar-refractivity contribution is -0.137. The van der Waals surface area contributed by atoms with Crippen LogP contribution in [0.4, 0.5) is 18.9 Å². The molecule has 0 aromatic heterocycles. The third kappa shape index (κ3) is 3.90. The van der Waals surface area contributed by atoms with Crippen LogP contribution in [-0.2, 0) is 6.18 Å². The van der Waals surface area contributed by atoms with Gasteiger partial charge in [-0.1, -0.05) is 0 Å². The van der Waals surface area contributed by atoms with Crippen LogP contribution >= 0.6 is 11.6 Å². The van der Waals surface area contributed by atoms with Gasteiger partial charge in [0, 0.05) is 6.07 Å². The molecule has 2 aromatic carbocycles. The Morgan fingerprint density at radius 2 is 1.92 bits per heavy atom. The number of hydrogen-bond donors (Lipinski definition) is 1. The van der Waals surface area contributed by atoms with Gasteiger partial charge in [-0.25, -0.2) is 4.99 Å². The summed E-state index contributed by atoms with van der Waals surface area (Å²) in [4.78, 5) is 3.90. The van der Waals surface area contributed by atoms with Gasteiger partial charge >= 0.3 is 6.18 Å². The number of nitrogens with zero attached hydrogens (tertiary/aromatic N) is 1. The summed E-state index contributed by atoms with van der Waals surface area (Å²) in [7, 11) is 0. The highest BCUT2D eigenvalue weighted by atomic mass is 35.5. The molecule has 0 aliphatic carbocycles. The van der Waals surface area contributed by atoms with Gasteiger partial charge in [0.2, 0.25) is 6.79 Å². The number of benzene rings is 2. The molecule has 0 saturated carbocycles. The maximum absolute atomic E-state index is 12.9. The average Bonchev–Trinajstić information content (AvgIpc) is 3.03. The van der Waals surface area contributed by atoms with Crippen molar-refractivity contribution in [1.82, 2.24) is 0 Å². The van der Waals surface area contributed by atoms with Gasteiger partial charge in [0.15, 0.2) is 17.2 Å². The first-order chi connectivity index (χ1) is 11.9. The van der Waals surface area contributed by atoms with Crippen molar-refractivity contribution in [3.63, 3.8) is 0 Å². The largest absolute Gasteiger partial charge is 0.455 e. The Morgan fingerprint density at radius 3 is 2.64 bits per heavy atom. The minimum absolute atomic E-state index is 0.0310. The molecule has 132 valence electrons. The summed E-state index contributed by atoms with van der Waals surface area (Å²) < 4.78 is 54.8. The van der Waals surface area contributed by atoms with Crippen molar-refractivity contribution in [2.45, 2.75) is 6.18 Å². The molecule has 0 radical (unpaired) electrons. The van der Waals surface area contributed by atoms with Crippen molar-refractivity contribution in [2.24, 2.45) is 10.7 Å².